The summed E-state index contributed by atoms with van der Waals surface area (Å²) in [6.45, 7) is 4.08. The number of nitrogens with one attached hydrogen (secondary N) is 1. The molecule has 1 aliphatic rings. The van der Waals surface area contributed by atoms with Gasteiger partial charge in [0.05, 0.1) is 17.7 Å². The molecule has 0 aliphatic heterocycles. The van der Waals surface area contributed by atoms with Crippen LogP contribution in [0.3, 0.4) is 0 Å². The Kier molecular flexibility index (Phi) is 4.61. The summed E-state index contributed by atoms with van der Waals surface area (Å²) < 4.78 is 2.24. The largest absolute Gasteiger partial charge is 0.313 e. The van der Waals surface area contributed by atoms with Gasteiger partial charge in [-0.2, -0.15) is 0 Å². The molecule has 0 saturated heterocycles. The fourth-order valence-corrected chi connectivity index (χ4v) is 3.15. The van der Waals surface area contributed by atoms with Gasteiger partial charge >= 0.3 is 0 Å². The number of rotatable bonds is 5. The lowest BCUT2D eigenvalue weighted by molar-refractivity contribution is 0.650. The molecule has 0 amide bonds. The summed E-state index contributed by atoms with van der Waals surface area (Å²) in [4.78, 5) is 4.60. The lowest BCUT2D eigenvalue weighted by Crippen LogP contribution is -2.16. The van der Waals surface area contributed by atoms with Gasteiger partial charge in [-0.25, -0.2) is 4.98 Å². The average Bonchev–Trinajstić information content (AvgIpc) is 2.93. The second-order valence-corrected chi connectivity index (χ2v) is 6.10. The Morgan fingerprint density at radius 2 is 2.14 bits per heavy atom. The monoisotopic (exact) mass is 303 g/mol. The van der Waals surface area contributed by atoms with Crippen LogP contribution in [-0.4, -0.2) is 16.1 Å². The molecule has 1 N–H and O–H groups in total. The molecule has 21 heavy (non-hydrogen) atoms. The van der Waals surface area contributed by atoms with Gasteiger partial charge in [0, 0.05) is 17.3 Å². The molecule has 0 bridgehead atoms. The number of fused-ring (bicyclic) bond motifs is 1. The molecule has 0 saturated carbocycles. The topological polar surface area (TPSA) is 29.9 Å². The van der Waals surface area contributed by atoms with E-state index in [4.69, 9.17) is 11.6 Å². The predicted octanol–water partition coefficient (Wildman–Crippen LogP) is 3.90. The lowest BCUT2D eigenvalue weighted by atomic mass is 10.0. The van der Waals surface area contributed by atoms with Crippen LogP contribution in [0.15, 0.2) is 24.5 Å². The van der Waals surface area contributed by atoms with Crippen molar-refractivity contribution in [2.75, 3.05) is 6.54 Å². The average molecular weight is 304 g/mol. The fraction of sp³-hybridized carbons (Fsp3) is 0.471. The van der Waals surface area contributed by atoms with E-state index >= 15 is 0 Å². The SMILES string of the molecule is CCCNCc1ccc(Cl)cc1-n1cnc2c1CCCC2. The van der Waals surface area contributed by atoms with Gasteiger partial charge in [-0.3, -0.25) is 0 Å². The molecule has 4 heteroatoms. The highest BCUT2D eigenvalue weighted by Crippen LogP contribution is 2.26. The summed E-state index contributed by atoms with van der Waals surface area (Å²) in [6.07, 6.45) is 7.83. The number of halogens is 1. The first-order chi connectivity index (χ1) is 10.3. The molecular formula is C17H22ClN3. The summed E-state index contributed by atoms with van der Waals surface area (Å²) in [5.74, 6) is 0. The van der Waals surface area contributed by atoms with Gasteiger partial charge in [0.1, 0.15) is 0 Å². The highest BCUT2D eigenvalue weighted by atomic mass is 35.5. The van der Waals surface area contributed by atoms with Crippen LogP contribution in [0.25, 0.3) is 5.69 Å². The van der Waals surface area contributed by atoms with Gasteiger partial charge in [0.15, 0.2) is 0 Å². The normalized spacial score (nSPS) is 14.2. The Bertz CT molecular complexity index is 618. The number of benzene rings is 1. The Morgan fingerprint density at radius 3 is 3.00 bits per heavy atom. The number of aryl methyl sites for hydroxylation is 1. The number of hydrogen-bond acceptors (Lipinski definition) is 2. The van der Waals surface area contributed by atoms with E-state index in [9.17, 15) is 0 Å². The molecule has 3 rings (SSSR count). The standard InChI is InChI=1S/C17H22ClN3/c1-2-9-19-11-13-7-8-14(18)10-17(13)21-12-20-15-5-3-4-6-16(15)21/h7-8,10,12,19H,2-6,9,11H2,1H3. The van der Waals surface area contributed by atoms with Crippen molar-refractivity contribution in [3.63, 3.8) is 0 Å². The van der Waals surface area contributed by atoms with Gasteiger partial charge < -0.3 is 9.88 Å². The smallest absolute Gasteiger partial charge is 0.0997 e. The van der Waals surface area contributed by atoms with E-state index in [-0.39, 0.29) is 0 Å². The zero-order valence-electron chi connectivity index (χ0n) is 12.5. The van der Waals surface area contributed by atoms with Crippen LogP contribution in [0.5, 0.6) is 0 Å². The molecule has 0 atom stereocenters. The van der Waals surface area contributed by atoms with E-state index < -0.39 is 0 Å². The molecule has 3 nitrogen and oxygen atoms in total. The number of imidazole rings is 1. The third-order valence-electron chi connectivity index (χ3n) is 4.08. The van der Waals surface area contributed by atoms with Crippen LogP contribution >= 0.6 is 11.6 Å². The van der Waals surface area contributed by atoms with Crippen LogP contribution in [0.1, 0.15) is 43.1 Å². The van der Waals surface area contributed by atoms with Crippen LogP contribution in [0.2, 0.25) is 5.02 Å². The molecule has 0 unspecified atom stereocenters. The van der Waals surface area contributed by atoms with Gasteiger partial charge in [-0.1, -0.05) is 24.6 Å². The third-order valence-corrected chi connectivity index (χ3v) is 4.31. The predicted molar refractivity (Wildman–Crippen MR) is 87.2 cm³/mol. The Hall–Kier alpha value is -1.32. The molecule has 1 aliphatic carbocycles. The highest BCUT2D eigenvalue weighted by Gasteiger charge is 2.17. The fourth-order valence-electron chi connectivity index (χ4n) is 2.99. The van der Waals surface area contributed by atoms with Crippen LogP contribution < -0.4 is 5.32 Å². The van der Waals surface area contributed by atoms with Crippen molar-refractivity contribution in [1.29, 1.82) is 0 Å². The van der Waals surface area contributed by atoms with Gasteiger partial charge in [-0.05, 0) is 56.3 Å². The first-order valence-corrected chi connectivity index (χ1v) is 8.22. The Balaban J connectivity index is 1.96. The van der Waals surface area contributed by atoms with Crippen molar-refractivity contribution in [2.24, 2.45) is 0 Å². The van der Waals surface area contributed by atoms with Crippen LogP contribution in [0, 0.1) is 0 Å². The maximum atomic E-state index is 6.22. The molecule has 1 aromatic heterocycles. The number of aromatic nitrogens is 2. The minimum atomic E-state index is 0.780. The molecular weight excluding hydrogens is 282 g/mol. The van der Waals surface area contributed by atoms with Crippen molar-refractivity contribution in [1.82, 2.24) is 14.9 Å². The second kappa shape index (κ2) is 6.63. The number of hydrogen-bond donors (Lipinski definition) is 1. The van der Waals surface area contributed by atoms with Crippen molar-refractivity contribution in [2.45, 2.75) is 45.6 Å². The van der Waals surface area contributed by atoms with Crippen molar-refractivity contribution >= 4 is 11.6 Å². The van der Waals surface area contributed by atoms with E-state index in [1.54, 1.807) is 0 Å². The molecule has 1 heterocycles. The Morgan fingerprint density at radius 1 is 1.29 bits per heavy atom. The molecule has 0 radical (unpaired) electrons. The molecule has 112 valence electrons. The molecule has 1 aromatic carbocycles. The van der Waals surface area contributed by atoms with Crippen molar-refractivity contribution < 1.29 is 0 Å². The second-order valence-electron chi connectivity index (χ2n) is 5.66. The van der Waals surface area contributed by atoms with Crippen LogP contribution in [0.4, 0.5) is 0 Å². The minimum Gasteiger partial charge on any atom is -0.313 e. The maximum absolute atomic E-state index is 6.22. The zero-order valence-corrected chi connectivity index (χ0v) is 13.3. The van der Waals surface area contributed by atoms with Crippen molar-refractivity contribution in [3.8, 4) is 5.69 Å². The first-order valence-electron chi connectivity index (χ1n) is 7.84. The molecule has 2 aromatic rings. The van der Waals surface area contributed by atoms with E-state index in [1.165, 1.54) is 35.5 Å². The molecule has 0 spiro atoms. The zero-order chi connectivity index (χ0) is 14.7. The summed E-state index contributed by atoms with van der Waals surface area (Å²) in [5.41, 5.74) is 5.06. The van der Waals surface area contributed by atoms with E-state index in [0.29, 0.717) is 0 Å². The third kappa shape index (κ3) is 3.14. The van der Waals surface area contributed by atoms with Gasteiger partial charge in [0.2, 0.25) is 0 Å². The minimum absolute atomic E-state index is 0.780. The quantitative estimate of drug-likeness (QED) is 0.849. The first kappa shape index (κ1) is 14.6. The molecule has 0 fully saturated rings. The Labute approximate surface area is 131 Å². The van der Waals surface area contributed by atoms with E-state index in [2.05, 4.69) is 33.9 Å². The summed E-state index contributed by atoms with van der Waals surface area (Å²) in [5, 5.41) is 4.26. The maximum Gasteiger partial charge on any atom is 0.0997 e. The van der Waals surface area contributed by atoms with Crippen molar-refractivity contribution in [3.05, 3.63) is 46.5 Å². The lowest BCUT2D eigenvalue weighted by Gasteiger charge is -2.17. The van der Waals surface area contributed by atoms with E-state index in [0.717, 1.165) is 37.4 Å². The summed E-state index contributed by atoms with van der Waals surface area (Å²) in [6, 6.07) is 6.15. The van der Waals surface area contributed by atoms with Gasteiger partial charge in [-0.15, -0.1) is 0 Å². The van der Waals surface area contributed by atoms with E-state index in [1.807, 2.05) is 12.4 Å². The van der Waals surface area contributed by atoms with Crippen LogP contribution in [-0.2, 0) is 19.4 Å². The summed E-state index contributed by atoms with van der Waals surface area (Å²) in [7, 11) is 0. The van der Waals surface area contributed by atoms with Gasteiger partial charge in [0.25, 0.3) is 0 Å². The highest BCUT2D eigenvalue weighted by molar-refractivity contribution is 6.30. The number of nitrogens with zero attached hydrogens (tertiary/aromatic N) is 2. The summed E-state index contributed by atoms with van der Waals surface area (Å²) >= 11 is 6.22.